The van der Waals surface area contributed by atoms with Crippen LogP contribution < -0.4 is 16.0 Å². The van der Waals surface area contributed by atoms with Crippen molar-refractivity contribution in [3.63, 3.8) is 0 Å². The molecule has 2 saturated heterocycles. The van der Waals surface area contributed by atoms with E-state index in [0.717, 1.165) is 25.8 Å². The number of carbonyl (C=O) groups is 2. The van der Waals surface area contributed by atoms with Crippen molar-refractivity contribution in [1.82, 2.24) is 15.5 Å². The normalized spacial score (nSPS) is 20.4. The lowest BCUT2D eigenvalue weighted by molar-refractivity contribution is -0.143. The SMILES string of the molecule is O=C(NCC1CCN(C(=O)[C@H]2CCCCN2)CC1)Nc1cc(C(F)(F)F)cc(C(F)(F)F)c1. The molecule has 0 radical (unpaired) electrons. The van der Waals surface area contributed by atoms with Crippen LogP contribution in [0.3, 0.4) is 0 Å². The fraction of sp³-hybridized carbons (Fsp3) is 0.619. The molecule has 2 aliphatic rings. The summed E-state index contributed by atoms with van der Waals surface area (Å²) >= 11 is 0. The molecule has 3 N–H and O–H groups in total. The third-order valence-corrected chi connectivity index (χ3v) is 5.93. The standard InChI is InChI=1S/C21H26F6N4O2/c22-20(23,24)14-9-15(21(25,26)27)11-16(10-14)30-19(33)29-12-13-4-7-31(8-5-13)18(32)17-3-1-2-6-28-17/h9-11,13,17,28H,1-8,12H2,(H2,29,30,33)/t17-/m1/s1. The van der Waals surface area contributed by atoms with Gasteiger partial charge in [0.05, 0.1) is 17.2 Å². The molecule has 6 nitrogen and oxygen atoms in total. The topological polar surface area (TPSA) is 73.5 Å². The number of amides is 3. The first-order valence-electron chi connectivity index (χ1n) is 10.8. The van der Waals surface area contributed by atoms with Gasteiger partial charge in [-0.25, -0.2) is 4.79 Å². The summed E-state index contributed by atoms with van der Waals surface area (Å²) in [6, 6.07) is -0.141. The number of carbonyl (C=O) groups excluding carboxylic acids is 2. The van der Waals surface area contributed by atoms with Crippen molar-refractivity contribution in [3.05, 3.63) is 29.3 Å². The van der Waals surface area contributed by atoms with E-state index in [1.165, 1.54) is 0 Å². The van der Waals surface area contributed by atoms with Gasteiger partial charge in [0, 0.05) is 25.3 Å². The summed E-state index contributed by atoms with van der Waals surface area (Å²) in [5, 5.41) is 7.77. The third-order valence-electron chi connectivity index (χ3n) is 5.93. The summed E-state index contributed by atoms with van der Waals surface area (Å²) in [4.78, 5) is 26.4. The van der Waals surface area contributed by atoms with Crippen LogP contribution in [0.1, 0.15) is 43.2 Å². The number of hydrogen-bond acceptors (Lipinski definition) is 3. The highest BCUT2D eigenvalue weighted by Gasteiger charge is 2.37. The molecule has 3 amide bonds. The van der Waals surface area contributed by atoms with Crippen molar-refractivity contribution in [2.24, 2.45) is 5.92 Å². The zero-order valence-corrected chi connectivity index (χ0v) is 17.8. The van der Waals surface area contributed by atoms with E-state index in [2.05, 4.69) is 16.0 Å². The molecule has 1 aromatic rings. The van der Waals surface area contributed by atoms with E-state index in [-0.39, 0.29) is 30.5 Å². The predicted octanol–water partition coefficient (Wildman–Crippen LogP) is 4.23. The Kier molecular flexibility index (Phi) is 7.76. The molecule has 2 aliphatic heterocycles. The second-order valence-corrected chi connectivity index (χ2v) is 8.40. The van der Waals surface area contributed by atoms with Gasteiger partial charge in [0.15, 0.2) is 0 Å². The second-order valence-electron chi connectivity index (χ2n) is 8.40. The quantitative estimate of drug-likeness (QED) is 0.565. The lowest BCUT2D eigenvalue weighted by Gasteiger charge is -2.35. The maximum absolute atomic E-state index is 12.9. The fourth-order valence-electron chi connectivity index (χ4n) is 4.08. The predicted molar refractivity (Wildman–Crippen MR) is 108 cm³/mol. The van der Waals surface area contributed by atoms with Crippen molar-refractivity contribution in [2.45, 2.75) is 50.5 Å². The average Bonchev–Trinajstić information content (AvgIpc) is 2.77. The van der Waals surface area contributed by atoms with E-state index in [0.29, 0.717) is 38.1 Å². The zero-order valence-electron chi connectivity index (χ0n) is 17.8. The highest BCUT2D eigenvalue weighted by Crippen LogP contribution is 2.37. The van der Waals surface area contributed by atoms with Gasteiger partial charge in [-0.2, -0.15) is 26.3 Å². The van der Waals surface area contributed by atoms with E-state index in [4.69, 9.17) is 0 Å². The molecule has 33 heavy (non-hydrogen) atoms. The van der Waals surface area contributed by atoms with Crippen molar-refractivity contribution < 1.29 is 35.9 Å². The van der Waals surface area contributed by atoms with Crippen molar-refractivity contribution in [1.29, 1.82) is 0 Å². The number of urea groups is 1. The van der Waals surface area contributed by atoms with Gasteiger partial charge in [-0.05, 0) is 56.3 Å². The molecule has 0 aromatic heterocycles. The first-order valence-corrected chi connectivity index (χ1v) is 10.8. The Balaban J connectivity index is 1.50. The number of alkyl halides is 6. The minimum atomic E-state index is -4.99. The number of hydrogen-bond donors (Lipinski definition) is 3. The minimum Gasteiger partial charge on any atom is -0.341 e. The number of anilines is 1. The van der Waals surface area contributed by atoms with Gasteiger partial charge in [-0.1, -0.05) is 6.42 Å². The Labute approximate surface area is 187 Å². The highest BCUT2D eigenvalue weighted by atomic mass is 19.4. The molecular formula is C21H26F6N4O2. The Hall–Kier alpha value is -2.50. The van der Waals surface area contributed by atoms with Gasteiger partial charge in [0.1, 0.15) is 0 Å². The van der Waals surface area contributed by atoms with Crippen LogP contribution in [0, 0.1) is 5.92 Å². The van der Waals surface area contributed by atoms with Gasteiger partial charge in [0.2, 0.25) is 5.91 Å². The highest BCUT2D eigenvalue weighted by molar-refractivity contribution is 5.89. The van der Waals surface area contributed by atoms with Crippen LogP contribution in [0.15, 0.2) is 18.2 Å². The summed E-state index contributed by atoms with van der Waals surface area (Å²) < 4.78 is 77.7. The lowest BCUT2D eigenvalue weighted by atomic mass is 9.95. The van der Waals surface area contributed by atoms with Crippen molar-refractivity contribution in [3.8, 4) is 0 Å². The van der Waals surface area contributed by atoms with Crippen molar-refractivity contribution in [2.75, 3.05) is 31.5 Å². The van der Waals surface area contributed by atoms with Crippen LogP contribution in [0.5, 0.6) is 0 Å². The number of rotatable bonds is 4. The largest absolute Gasteiger partial charge is 0.416 e. The molecule has 1 atom stereocenters. The van der Waals surface area contributed by atoms with Gasteiger partial charge in [0.25, 0.3) is 0 Å². The summed E-state index contributed by atoms with van der Waals surface area (Å²) in [6.45, 7) is 2.09. The summed E-state index contributed by atoms with van der Waals surface area (Å²) in [5.74, 6) is 0.121. The summed E-state index contributed by atoms with van der Waals surface area (Å²) in [7, 11) is 0. The molecule has 0 bridgehead atoms. The Morgan fingerprint density at radius 3 is 2.06 bits per heavy atom. The second kappa shape index (κ2) is 10.2. The molecule has 184 valence electrons. The molecule has 0 spiro atoms. The molecule has 12 heteroatoms. The minimum absolute atomic E-state index is 0.000988. The van der Waals surface area contributed by atoms with E-state index >= 15 is 0 Å². The van der Waals surface area contributed by atoms with E-state index in [1.807, 2.05) is 0 Å². The molecule has 1 aromatic carbocycles. The summed E-state index contributed by atoms with van der Waals surface area (Å²) in [5.41, 5.74) is -3.61. The molecule has 0 unspecified atom stereocenters. The molecule has 0 saturated carbocycles. The first kappa shape index (κ1) is 25.1. The smallest absolute Gasteiger partial charge is 0.341 e. The van der Waals surface area contributed by atoms with E-state index in [1.54, 1.807) is 4.90 Å². The Morgan fingerprint density at radius 1 is 0.939 bits per heavy atom. The summed E-state index contributed by atoms with van der Waals surface area (Å²) in [6.07, 6.45) is -5.83. The lowest BCUT2D eigenvalue weighted by Crippen LogP contribution is -2.51. The maximum Gasteiger partial charge on any atom is 0.416 e. The maximum atomic E-state index is 12.9. The number of benzene rings is 1. The van der Waals surface area contributed by atoms with Crippen LogP contribution in [0.25, 0.3) is 0 Å². The van der Waals surface area contributed by atoms with Gasteiger partial charge < -0.3 is 20.9 Å². The van der Waals surface area contributed by atoms with Crippen LogP contribution in [-0.4, -0.2) is 49.1 Å². The molecule has 3 rings (SSSR count). The van der Waals surface area contributed by atoms with Crippen LogP contribution >= 0.6 is 0 Å². The fourth-order valence-corrected chi connectivity index (χ4v) is 4.08. The number of piperidine rings is 2. The average molecular weight is 480 g/mol. The number of nitrogens with one attached hydrogen (secondary N) is 3. The monoisotopic (exact) mass is 480 g/mol. The van der Waals surface area contributed by atoms with Crippen LogP contribution in [0.2, 0.25) is 0 Å². The number of likely N-dealkylation sites (tertiary alicyclic amines) is 1. The van der Waals surface area contributed by atoms with Crippen LogP contribution in [0.4, 0.5) is 36.8 Å². The Bertz CT molecular complexity index is 812. The molecule has 0 aliphatic carbocycles. The molecule has 2 fully saturated rings. The number of halogens is 6. The number of nitrogens with zero attached hydrogens (tertiary/aromatic N) is 1. The Morgan fingerprint density at radius 2 is 1.55 bits per heavy atom. The third kappa shape index (κ3) is 6.99. The van der Waals surface area contributed by atoms with Gasteiger partial charge in [-0.15, -0.1) is 0 Å². The first-order chi connectivity index (χ1) is 15.4. The molecule has 2 heterocycles. The van der Waals surface area contributed by atoms with Gasteiger partial charge >= 0.3 is 18.4 Å². The van der Waals surface area contributed by atoms with Crippen LogP contribution in [-0.2, 0) is 17.1 Å². The van der Waals surface area contributed by atoms with Gasteiger partial charge in [-0.3, -0.25) is 4.79 Å². The molecular weight excluding hydrogens is 454 g/mol. The van der Waals surface area contributed by atoms with Crippen molar-refractivity contribution >= 4 is 17.6 Å². The zero-order chi connectivity index (χ0) is 24.2. The van der Waals surface area contributed by atoms with E-state index in [9.17, 15) is 35.9 Å². The van der Waals surface area contributed by atoms with E-state index < -0.39 is 35.2 Å².